The first-order chi connectivity index (χ1) is 13.2. The molecule has 0 saturated carbocycles. The Kier molecular flexibility index (Phi) is 4.04. The molecule has 1 aromatic rings. The first-order valence-electron chi connectivity index (χ1n) is 9.08. The van der Waals surface area contributed by atoms with E-state index in [1.54, 1.807) is 17.9 Å². The van der Waals surface area contributed by atoms with E-state index in [4.69, 9.17) is 4.74 Å². The Morgan fingerprint density at radius 3 is 2.68 bits per heavy atom. The number of amides is 5. The summed E-state index contributed by atoms with van der Waals surface area (Å²) in [5.74, 6) is -2.94. The molecule has 9 heteroatoms. The molecule has 8 nitrogen and oxygen atoms in total. The van der Waals surface area contributed by atoms with Crippen LogP contribution in [-0.2, 0) is 25.5 Å². The van der Waals surface area contributed by atoms with E-state index in [1.807, 2.05) is 6.92 Å². The number of hydrogen-bond donors (Lipinski definition) is 1. The molecule has 148 valence electrons. The molecule has 28 heavy (non-hydrogen) atoms. The first kappa shape index (κ1) is 18.5. The van der Waals surface area contributed by atoms with Crippen LogP contribution < -0.4 is 10.2 Å². The summed E-state index contributed by atoms with van der Waals surface area (Å²) >= 11 is 0. The van der Waals surface area contributed by atoms with Gasteiger partial charge in [-0.05, 0) is 25.5 Å². The van der Waals surface area contributed by atoms with Crippen molar-refractivity contribution in [3.05, 3.63) is 29.6 Å². The van der Waals surface area contributed by atoms with Gasteiger partial charge in [0.05, 0.1) is 23.9 Å². The van der Waals surface area contributed by atoms with Crippen molar-refractivity contribution in [2.75, 3.05) is 11.4 Å². The van der Waals surface area contributed by atoms with Gasteiger partial charge in [0.15, 0.2) is 5.41 Å². The van der Waals surface area contributed by atoms with E-state index in [1.165, 1.54) is 12.1 Å². The number of fused-ring (bicyclic) bond motifs is 4. The second-order valence-electron chi connectivity index (χ2n) is 7.56. The molecule has 0 aromatic heterocycles. The summed E-state index contributed by atoms with van der Waals surface area (Å²) in [6, 6.07) is 2.55. The van der Waals surface area contributed by atoms with Gasteiger partial charge in [-0.3, -0.25) is 19.7 Å². The molecule has 1 unspecified atom stereocenters. The predicted molar refractivity (Wildman–Crippen MR) is 94.7 cm³/mol. The normalized spacial score (nSPS) is 32.1. The van der Waals surface area contributed by atoms with Gasteiger partial charge in [-0.1, -0.05) is 12.1 Å². The first-order valence-corrected chi connectivity index (χ1v) is 9.08. The van der Waals surface area contributed by atoms with Gasteiger partial charge >= 0.3 is 6.03 Å². The third-order valence-electron chi connectivity index (χ3n) is 5.74. The molecule has 2 fully saturated rings. The number of nitrogens with zero attached hydrogens (tertiary/aromatic N) is 2. The summed E-state index contributed by atoms with van der Waals surface area (Å²) in [4.78, 5) is 52.7. The van der Waals surface area contributed by atoms with Crippen molar-refractivity contribution in [3.8, 4) is 0 Å². The Morgan fingerprint density at radius 1 is 1.29 bits per heavy atom. The Labute approximate surface area is 160 Å². The summed E-state index contributed by atoms with van der Waals surface area (Å²) in [6.07, 6.45) is -1.01. The molecule has 4 atom stereocenters. The van der Waals surface area contributed by atoms with Crippen molar-refractivity contribution in [3.63, 3.8) is 0 Å². The van der Waals surface area contributed by atoms with Crippen molar-refractivity contribution < 1.29 is 28.3 Å². The number of carbonyl (C=O) groups is 4. The summed E-state index contributed by atoms with van der Waals surface area (Å²) in [6.45, 7) is 4.87. The number of nitrogens with one attached hydrogen (secondary N) is 1. The van der Waals surface area contributed by atoms with Crippen LogP contribution in [0, 0.1) is 11.2 Å². The monoisotopic (exact) mass is 389 g/mol. The third-order valence-corrected chi connectivity index (χ3v) is 5.74. The minimum absolute atomic E-state index is 0.134. The number of benzene rings is 1. The molecule has 5 amide bonds. The van der Waals surface area contributed by atoms with E-state index < -0.39 is 47.1 Å². The molecule has 1 aromatic carbocycles. The lowest BCUT2D eigenvalue weighted by molar-refractivity contribution is -0.163. The van der Waals surface area contributed by atoms with E-state index in [2.05, 4.69) is 5.32 Å². The molecule has 1 N–H and O–H groups in total. The van der Waals surface area contributed by atoms with Gasteiger partial charge in [0.25, 0.3) is 5.91 Å². The minimum Gasteiger partial charge on any atom is -0.372 e. The van der Waals surface area contributed by atoms with Gasteiger partial charge in [0.1, 0.15) is 5.82 Å². The topological polar surface area (TPSA) is 96.0 Å². The molecule has 4 rings (SSSR count). The van der Waals surface area contributed by atoms with Gasteiger partial charge in [0.2, 0.25) is 11.8 Å². The van der Waals surface area contributed by atoms with Gasteiger partial charge < -0.3 is 9.64 Å². The number of barbiturate groups is 1. The lowest BCUT2D eigenvalue weighted by atomic mass is 9.66. The van der Waals surface area contributed by atoms with E-state index in [-0.39, 0.29) is 19.1 Å². The smallest absolute Gasteiger partial charge is 0.337 e. The van der Waals surface area contributed by atoms with Crippen LogP contribution in [0.5, 0.6) is 0 Å². The Morgan fingerprint density at radius 2 is 2.00 bits per heavy atom. The van der Waals surface area contributed by atoms with E-state index in [9.17, 15) is 23.6 Å². The lowest BCUT2D eigenvalue weighted by Crippen LogP contribution is -2.76. The fraction of sp³-hybridized carbons (Fsp3) is 0.474. The zero-order valence-electron chi connectivity index (χ0n) is 15.7. The fourth-order valence-corrected chi connectivity index (χ4v) is 4.81. The summed E-state index contributed by atoms with van der Waals surface area (Å²) in [5, 5.41) is 2.14. The van der Waals surface area contributed by atoms with Crippen molar-refractivity contribution >= 4 is 29.4 Å². The maximum absolute atomic E-state index is 14.7. The van der Waals surface area contributed by atoms with Crippen molar-refractivity contribution in [2.24, 2.45) is 5.41 Å². The molecule has 2 saturated heterocycles. The molecular weight excluding hydrogens is 369 g/mol. The number of carbonyl (C=O) groups excluding carboxylic acids is 4. The fourth-order valence-electron chi connectivity index (χ4n) is 4.81. The molecule has 3 aliphatic rings. The van der Waals surface area contributed by atoms with Crippen LogP contribution in [0.15, 0.2) is 18.2 Å². The SMILES string of the molecule is CC(=O)N1C(=O)NC(=O)C2(Cc3cccc(F)c3N3C[C@@H](C)O[C@@H](C)[C@@H]32)C1=O. The van der Waals surface area contributed by atoms with Crippen molar-refractivity contribution in [1.82, 2.24) is 10.2 Å². The molecule has 3 heterocycles. The number of morpholine rings is 1. The lowest BCUT2D eigenvalue weighted by Gasteiger charge is -2.56. The number of rotatable bonds is 0. The second kappa shape index (κ2) is 6.10. The molecule has 0 radical (unpaired) electrons. The highest BCUT2D eigenvalue weighted by Gasteiger charge is 2.65. The standard InChI is InChI=1S/C19H20FN3O5/c1-9-8-22-14-12(5-4-6-13(14)20)7-19(15(22)10(2)28-9)16(25)21-18(27)23(11(3)24)17(19)26/h4-6,9-10,15H,7-8H2,1-3H3,(H,21,25,27)/t9-,10+,15-,19?/m1/s1. The van der Waals surface area contributed by atoms with Gasteiger partial charge in [-0.2, -0.15) is 4.90 Å². The molecular formula is C19H20FN3O5. The molecule has 3 aliphatic heterocycles. The van der Waals surface area contributed by atoms with Crippen molar-refractivity contribution in [1.29, 1.82) is 0 Å². The Balaban J connectivity index is 1.96. The summed E-state index contributed by atoms with van der Waals surface area (Å²) in [5.41, 5.74) is -0.981. The number of halogens is 1. The molecule has 0 bridgehead atoms. The Hall–Kier alpha value is -2.81. The zero-order valence-corrected chi connectivity index (χ0v) is 15.7. The highest BCUT2D eigenvalue weighted by molar-refractivity contribution is 6.26. The van der Waals surface area contributed by atoms with Crippen LogP contribution in [0.25, 0.3) is 0 Å². The van der Waals surface area contributed by atoms with Crippen LogP contribution in [-0.4, -0.2) is 53.4 Å². The largest absolute Gasteiger partial charge is 0.372 e. The number of hydrogen-bond acceptors (Lipinski definition) is 6. The highest BCUT2D eigenvalue weighted by Crippen LogP contribution is 2.48. The van der Waals surface area contributed by atoms with Gasteiger partial charge in [-0.15, -0.1) is 0 Å². The number of imide groups is 4. The molecule has 0 aliphatic carbocycles. The maximum Gasteiger partial charge on any atom is 0.337 e. The van der Waals surface area contributed by atoms with Gasteiger partial charge in [0, 0.05) is 19.9 Å². The van der Waals surface area contributed by atoms with Gasteiger partial charge in [-0.25, -0.2) is 9.18 Å². The van der Waals surface area contributed by atoms with Crippen LogP contribution >= 0.6 is 0 Å². The predicted octanol–water partition coefficient (Wildman–Crippen LogP) is 0.975. The average Bonchev–Trinajstić information content (AvgIpc) is 2.58. The van der Waals surface area contributed by atoms with Crippen LogP contribution in [0.1, 0.15) is 26.3 Å². The van der Waals surface area contributed by atoms with E-state index in [0.29, 0.717) is 16.2 Å². The minimum atomic E-state index is -1.78. The second-order valence-corrected chi connectivity index (χ2v) is 7.56. The van der Waals surface area contributed by atoms with Crippen LogP contribution in [0.2, 0.25) is 0 Å². The number of ether oxygens (including phenoxy) is 1. The third kappa shape index (κ3) is 2.32. The number of anilines is 1. The van der Waals surface area contributed by atoms with Crippen molar-refractivity contribution in [2.45, 2.75) is 45.4 Å². The number of para-hydroxylation sites is 1. The summed E-state index contributed by atoms with van der Waals surface area (Å²) < 4.78 is 20.6. The molecule has 1 spiro atoms. The van der Waals surface area contributed by atoms with E-state index >= 15 is 0 Å². The van der Waals surface area contributed by atoms with Crippen LogP contribution in [0.3, 0.4) is 0 Å². The maximum atomic E-state index is 14.7. The van der Waals surface area contributed by atoms with Crippen LogP contribution in [0.4, 0.5) is 14.9 Å². The average molecular weight is 389 g/mol. The number of urea groups is 1. The Bertz CT molecular complexity index is 919. The quantitative estimate of drug-likeness (QED) is 0.665. The summed E-state index contributed by atoms with van der Waals surface area (Å²) in [7, 11) is 0. The van der Waals surface area contributed by atoms with E-state index in [0.717, 1.165) is 6.92 Å². The zero-order chi connectivity index (χ0) is 20.4. The highest BCUT2D eigenvalue weighted by atomic mass is 19.1.